The van der Waals surface area contributed by atoms with Crippen LogP contribution in [-0.2, 0) is 25.7 Å². The Morgan fingerprint density at radius 1 is 0.656 bits per heavy atom. The summed E-state index contributed by atoms with van der Waals surface area (Å²) in [4.78, 5) is 0. The first-order chi connectivity index (χ1) is 15.5. The number of hydrogen-bond acceptors (Lipinski definition) is 3. The topological polar surface area (TPSA) is 61.3 Å². The largest absolute Gasteiger partial charge is 0.494 e. The van der Waals surface area contributed by atoms with Crippen molar-refractivity contribution in [3.63, 3.8) is 0 Å². The van der Waals surface area contributed by atoms with Gasteiger partial charge >= 0.3 is 0 Å². The second-order valence-corrected chi connectivity index (χ2v) is 8.32. The average Bonchev–Trinajstić information content (AvgIpc) is 2.82. The van der Waals surface area contributed by atoms with Crippen LogP contribution in [0.25, 0.3) is 0 Å². The third-order valence-corrected chi connectivity index (χ3v) is 6.47. The molecule has 0 bridgehead atoms. The molecule has 170 valence electrons. The lowest BCUT2D eigenvalue weighted by Gasteiger charge is -2.25. The van der Waals surface area contributed by atoms with Gasteiger partial charge in [-0.2, -0.15) is 0 Å². The van der Waals surface area contributed by atoms with E-state index >= 15 is 0 Å². The highest BCUT2D eigenvalue weighted by Gasteiger charge is 2.24. The number of hydrogen-bond donors (Lipinski definition) is 2. The van der Waals surface area contributed by atoms with Gasteiger partial charge in [-0.3, -0.25) is 0 Å². The van der Waals surface area contributed by atoms with E-state index in [1.807, 2.05) is 13.0 Å². The monoisotopic (exact) mass is 430 g/mol. The maximum absolute atomic E-state index is 6.50. The standard InChI is InChI=1S/C29H38N2O/c1-6-19-15-23(16-20(7-2)28(19)30)27(25-13-11-12-14-26(25)32-10-5)24-17-21(8-3)29(31)22(9-4)18-24/h11-18,27H,6-10,30-31H2,1-5H3. The molecule has 0 saturated carbocycles. The number of rotatable bonds is 9. The number of ether oxygens (including phenoxy) is 1. The van der Waals surface area contributed by atoms with Crippen LogP contribution in [0.5, 0.6) is 5.75 Å². The predicted molar refractivity (Wildman–Crippen MR) is 138 cm³/mol. The Morgan fingerprint density at radius 2 is 1.06 bits per heavy atom. The second-order valence-electron chi connectivity index (χ2n) is 8.32. The highest BCUT2D eigenvalue weighted by Crippen LogP contribution is 2.41. The van der Waals surface area contributed by atoms with Gasteiger partial charge in [0.2, 0.25) is 0 Å². The predicted octanol–water partition coefficient (Wildman–Crippen LogP) is 6.68. The fourth-order valence-electron chi connectivity index (χ4n) is 4.67. The number of aryl methyl sites for hydroxylation is 4. The number of benzene rings is 3. The molecule has 3 aromatic rings. The van der Waals surface area contributed by atoms with E-state index in [9.17, 15) is 0 Å². The van der Waals surface area contributed by atoms with Crippen LogP contribution in [-0.4, -0.2) is 6.61 Å². The maximum atomic E-state index is 6.50. The lowest BCUT2D eigenvalue weighted by Crippen LogP contribution is -2.11. The van der Waals surface area contributed by atoms with Gasteiger partial charge in [0.25, 0.3) is 0 Å². The van der Waals surface area contributed by atoms with Crippen molar-refractivity contribution in [1.82, 2.24) is 0 Å². The Labute approximate surface area is 193 Å². The third-order valence-electron chi connectivity index (χ3n) is 6.47. The molecule has 0 unspecified atom stereocenters. The molecule has 0 spiro atoms. The van der Waals surface area contributed by atoms with Gasteiger partial charge in [-0.1, -0.05) is 70.2 Å². The van der Waals surface area contributed by atoms with Gasteiger partial charge in [0, 0.05) is 22.9 Å². The third kappa shape index (κ3) is 4.62. The summed E-state index contributed by atoms with van der Waals surface area (Å²) >= 11 is 0. The van der Waals surface area contributed by atoms with Crippen molar-refractivity contribution in [2.75, 3.05) is 18.1 Å². The maximum Gasteiger partial charge on any atom is 0.123 e. The van der Waals surface area contributed by atoms with E-state index in [2.05, 4.69) is 70.2 Å². The summed E-state index contributed by atoms with van der Waals surface area (Å²) in [5.41, 5.74) is 23.4. The number of anilines is 2. The Bertz CT molecular complexity index is 959. The van der Waals surface area contributed by atoms with Crippen molar-refractivity contribution in [3.8, 4) is 5.75 Å². The molecule has 0 heterocycles. The van der Waals surface area contributed by atoms with E-state index in [1.54, 1.807) is 0 Å². The van der Waals surface area contributed by atoms with Crippen LogP contribution in [0.15, 0.2) is 48.5 Å². The van der Waals surface area contributed by atoms with Crippen molar-refractivity contribution in [2.24, 2.45) is 0 Å². The number of nitrogens with two attached hydrogens (primary N) is 2. The number of nitrogen functional groups attached to an aromatic ring is 2. The summed E-state index contributed by atoms with van der Waals surface area (Å²) in [5, 5.41) is 0. The zero-order valence-corrected chi connectivity index (χ0v) is 20.3. The Balaban J connectivity index is 2.35. The van der Waals surface area contributed by atoms with Crippen molar-refractivity contribution < 1.29 is 4.74 Å². The van der Waals surface area contributed by atoms with Crippen LogP contribution in [0, 0.1) is 0 Å². The zero-order valence-electron chi connectivity index (χ0n) is 20.3. The van der Waals surface area contributed by atoms with Gasteiger partial charge in [-0.15, -0.1) is 0 Å². The molecular formula is C29H38N2O. The molecule has 3 aromatic carbocycles. The fraction of sp³-hybridized carbons (Fsp3) is 0.379. The van der Waals surface area contributed by atoms with Crippen LogP contribution in [0.3, 0.4) is 0 Å². The van der Waals surface area contributed by atoms with Crippen LogP contribution in [0.1, 0.15) is 79.5 Å². The molecule has 0 amide bonds. The zero-order chi connectivity index (χ0) is 23.3. The highest BCUT2D eigenvalue weighted by molar-refractivity contribution is 5.62. The molecular weight excluding hydrogens is 392 g/mol. The van der Waals surface area contributed by atoms with Crippen LogP contribution in [0.2, 0.25) is 0 Å². The average molecular weight is 431 g/mol. The van der Waals surface area contributed by atoms with Crippen molar-refractivity contribution in [1.29, 1.82) is 0 Å². The molecule has 3 rings (SSSR count). The molecule has 0 radical (unpaired) electrons. The lowest BCUT2D eigenvalue weighted by molar-refractivity contribution is 0.336. The minimum atomic E-state index is 0.0464. The first kappa shape index (κ1) is 23.7. The van der Waals surface area contributed by atoms with Crippen molar-refractivity contribution in [3.05, 3.63) is 87.5 Å². The molecule has 3 nitrogen and oxygen atoms in total. The summed E-state index contributed by atoms with van der Waals surface area (Å²) in [7, 11) is 0. The van der Waals surface area contributed by atoms with E-state index in [-0.39, 0.29) is 5.92 Å². The highest BCUT2D eigenvalue weighted by atomic mass is 16.5. The quantitative estimate of drug-likeness (QED) is 0.294. The summed E-state index contributed by atoms with van der Waals surface area (Å²) < 4.78 is 6.09. The SMILES string of the molecule is CCOc1ccccc1C(c1cc(CC)c(N)c(CC)c1)c1cc(CC)c(N)c(CC)c1. The van der Waals surface area contributed by atoms with Crippen LogP contribution in [0.4, 0.5) is 11.4 Å². The van der Waals surface area contributed by atoms with E-state index in [0.29, 0.717) is 6.61 Å². The lowest BCUT2D eigenvalue weighted by atomic mass is 9.80. The summed E-state index contributed by atoms with van der Waals surface area (Å²) in [5.74, 6) is 0.978. The van der Waals surface area contributed by atoms with Gasteiger partial charge in [0.1, 0.15) is 5.75 Å². The Kier molecular flexibility index (Phi) is 7.84. The summed E-state index contributed by atoms with van der Waals surface area (Å²) in [6, 6.07) is 17.6. The van der Waals surface area contributed by atoms with E-state index in [1.165, 1.54) is 38.9 Å². The Morgan fingerprint density at radius 3 is 1.44 bits per heavy atom. The molecule has 0 fully saturated rings. The molecule has 0 aliphatic heterocycles. The van der Waals surface area contributed by atoms with Gasteiger partial charge in [-0.05, 0) is 72.1 Å². The van der Waals surface area contributed by atoms with Crippen molar-refractivity contribution in [2.45, 2.75) is 66.2 Å². The molecule has 4 N–H and O–H groups in total. The summed E-state index contributed by atoms with van der Waals surface area (Å²) in [6.45, 7) is 11.4. The molecule has 32 heavy (non-hydrogen) atoms. The van der Waals surface area contributed by atoms with E-state index in [0.717, 1.165) is 42.8 Å². The molecule has 0 atom stereocenters. The molecule has 0 aliphatic rings. The fourth-order valence-corrected chi connectivity index (χ4v) is 4.67. The molecule has 3 heteroatoms. The normalized spacial score (nSPS) is 11.2. The molecule has 0 saturated heterocycles. The van der Waals surface area contributed by atoms with Gasteiger partial charge in [0.15, 0.2) is 0 Å². The Hall–Kier alpha value is -2.94. The van der Waals surface area contributed by atoms with Gasteiger partial charge in [-0.25, -0.2) is 0 Å². The number of para-hydroxylation sites is 1. The second kappa shape index (κ2) is 10.6. The minimum Gasteiger partial charge on any atom is -0.494 e. The first-order valence-corrected chi connectivity index (χ1v) is 12.0. The first-order valence-electron chi connectivity index (χ1n) is 12.0. The van der Waals surface area contributed by atoms with E-state index in [4.69, 9.17) is 16.2 Å². The van der Waals surface area contributed by atoms with Gasteiger partial charge in [0.05, 0.1) is 6.61 Å². The summed E-state index contributed by atoms with van der Waals surface area (Å²) in [6.07, 6.45) is 3.65. The van der Waals surface area contributed by atoms with Crippen LogP contribution < -0.4 is 16.2 Å². The van der Waals surface area contributed by atoms with Crippen molar-refractivity contribution >= 4 is 11.4 Å². The molecule has 0 aromatic heterocycles. The smallest absolute Gasteiger partial charge is 0.123 e. The van der Waals surface area contributed by atoms with E-state index < -0.39 is 0 Å². The van der Waals surface area contributed by atoms with Gasteiger partial charge < -0.3 is 16.2 Å². The van der Waals surface area contributed by atoms with Crippen LogP contribution >= 0.6 is 0 Å². The molecule has 0 aliphatic carbocycles. The minimum absolute atomic E-state index is 0.0464.